The number of carbonyl (C=O) groups excluding carboxylic acids is 2. The molecule has 14 heavy (non-hydrogen) atoms. The van der Waals surface area contributed by atoms with Gasteiger partial charge in [-0.1, -0.05) is 32.0 Å². The minimum atomic E-state index is -0.608. The Bertz CT molecular complexity index is 291. The third-order valence-electron chi connectivity index (χ3n) is 1.25. The van der Waals surface area contributed by atoms with Crippen molar-refractivity contribution in [3.63, 3.8) is 0 Å². The number of benzene rings is 1. The van der Waals surface area contributed by atoms with Crippen molar-refractivity contribution in [1.29, 1.82) is 0 Å². The van der Waals surface area contributed by atoms with Crippen molar-refractivity contribution in [2.45, 2.75) is 20.8 Å². The summed E-state index contributed by atoms with van der Waals surface area (Å²) in [4.78, 5) is 21.4. The summed E-state index contributed by atoms with van der Waals surface area (Å²) in [6, 6.07) is 8.37. The minimum Gasteiger partial charge on any atom is -0.390 e. The quantitative estimate of drug-likeness (QED) is 0.509. The molecule has 1 rings (SSSR count). The molecule has 0 fully saturated rings. The molecule has 0 aromatic heterocycles. The molecule has 76 valence electrons. The molecule has 1 aromatic rings. The minimum absolute atomic E-state index is 0.382. The Kier molecular flexibility index (Phi) is 6.03. The van der Waals surface area contributed by atoms with Gasteiger partial charge in [-0.25, -0.2) is 4.79 Å². The van der Waals surface area contributed by atoms with E-state index in [1.54, 1.807) is 30.3 Å². The van der Waals surface area contributed by atoms with E-state index in [0.29, 0.717) is 5.56 Å². The highest BCUT2D eigenvalue weighted by Gasteiger charge is 2.07. The Morgan fingerprint density at radius 1 is 1.07 bits per heavy atom. The van der Waals surface area contributed by atoms with Gasteiger partial charge in [0.25, 0.3) is 0 Å². The van der Waals surface area contributed by atoms with Gasteiger partial charge in [0.2, 0.25) is 0 Å². The van der Waals surface area contributed by atoms with Crippen LogP contribution in [0.3, 0.4) is 0 Å². The molecule has 3 nitrogen and oxygen atoms in total. The first-order chi connectivity index (χ1) is 6.70. The van der Waals surface area contributed by atoms with Crippen LogP contribution < -0.4 is 0 Å². The first-order valence-corrected chi connectivity index (χ1v) is 4.48. The highest BCUT2D eigenvalue weighted by atomic mass is 16.6. The third-order valence-corrected chi connectivity index (χ3v) is 1.25. The number of rotatable bonds is 1. The smallest absolute Gasteiger partial charge is 0.345 e. The Labute approximate surface area is 83.7 Å². The second-order valence-corrected chi connectivity index (χ2v) is 2.25. The van der Waals surface area contributed by atoms with Crippen LogP contribution in [-0.2, 0) is 9.53 Å². The van der Waals surface area contributed by atoms with Gasteiger partial charge in [0.15, 0.2) is 0 Å². The topological polar surface area (TPSA) is 43.4 Å². The molecule has 0 heterocycles. The molecule has 3 heteroatoms. The second-order valence-electron chi connectivity index (χ2n) is 2.25. The maximum Gasteiger partial charge on any atom is 0.345 e. The maximum absolute atomic E-state index is 11.0. The number of carbonyl (C=O) groups is 2. The van der Waals surface area contributed by atoms with E-state index in [-0.39, 0.29) is 0 Å². The van der Waals surface area contributed by atoms with E-state index in [9.17, 15) is 9.59 Å². The number of esters is 2. The van der Waals surface area contributed by atoms with Gasteiger partial charge in [0, 0.05) is 6.92 Å². The zero-order valence-electron chi connectivity index (χ0n) is 8.61. The predicted molar refractivity (Wildman–Crippen MR) is 53.9 cm³/mol. The predicted octanol–water partition coefficient (Wildman–Crippen LogP) is 2.42. The summed E-state index contributed by atoms with van der Waals surface area (Å²) in [6.45, 7) is 5.20. The lowest BCUT2D eigenvalue weighted by Crippen LogP contribution is -2.08. The van der Waals surface area contributed by atoms with Crippen molar-refractivity contribution in [1.82, 2.24) is 0 Å². The number of hydrogen-bond donors (Lipinski definition) is 0. The van der Waals surface area contributed by atoms with Crippen LogP contribution in [0.5, 0.6) is 0 Å². The molecular weight excluding hydrogens is 180 g/mol. The van der Waals surface area contributed by atoms with Crippen LogP contribution in [0, 0.1) is 0 Å². The van der Waals surface area contributed by atoms with Crippen LogP contribution in [0.1, 0.15) is 31.1 Å². The summed E-state index contributed by atoms with van der Waals surface area (Å²) in [7, 11) is 0. The lowest BCUT2D eigenvalue weighted by atomic mass is 10.2. The molecule has 0 saturated heterocycles. The summed E-state index contributed by atoms with van der Waals surface area (Å²) in [5.74, 6) is -1.20. The van der Waals surface area contributed by atoms with Crippen LogP contribution in [0.2, 0.25) is 0 Å². The molecular formula is C11H14O3. The molecule has 0 aliphatic rings. The van der Waals surface area contributed by atoms with E-state index in [2.05, 4.69) is 4.74 Å². The van der Waals surface area contributed by atoms with Gasteiger partial charge >= 0.3 is 11.9 Å². The van der Waals surface area contributed by atoms with Crippen LogP contribution in [-0.4, -0.2) is 11.9 Å². The molecule has 0 N–H and O–H groups in total. The summed E-state index contributed by atoms with van der Waals surface area (Å²) in [5, 5.41) is 0. The Morgan fingerprint density at radius 2 is 1.57 bits per heavy atom. The van der Waals surface area contributed by atoms with Crippen LogP contribution in [0.25, 0.3) is 0 Å². The highest BCUT2D eigenvalue weighted by Crippen LogP contribution is 2.00. The zero-order valence-corrected chi connectivity index (χ0v) is 8.61. The molecule has 0 aliphatic heterocycles. The van der Waals surface area contributed by atoms with Gasteiger partial charge < -0.3 is 4.74 Å². The molecule has 0 amide bonds. The molecule has 0 unspecified atom stereocenters. The third kappa shape index (κ3) is 4.40. The monoisotopic (exact) mass is 194 g/mol. The van der Waals surface area contributed by atoms with E-state index in [4.69, 9.17) is 0 Å². The van der Waals surface area contributed by atoms with Gasteiger partial charge in [0.05, 0.1) is 5.56 Å². The largest absolute Gasteiger partial charge is 0.390 e. The van der Waals surface area contributed by atoms with E-state index in [0.717, 1.165) is 0 Å². The van der Waals surface area contributed by atoms with Crippen molar-refractivity contribution in [3.05, 3.63) is 35.9 Å². The summed E-state index contributed by atoms with van der Waals surface area (Å²) >= 11 is 0. The lowest BCUT2D eigenvalue weighted by Gasteiger charge is -1.97. The van der Waals surface area contributed by atoms with Crippen LogP contribution >= 0.6 is 0 Å². The summed E-state index contributed by atoms with van der Waals surface area (Å²) in [5.41, 5.74) is 0.382. The second kappa shape index (κ2) is 6.83. The Balaban J connectivity index is 0.000000791. The fourth-order valence-corrected chi connectivity index (χ4v) is 0.764. The Hall–Kier alpha value is -1.64. The first-order valence-electron chi connectivity index (χ1n) is 4.48. The van der Waals surface area contributed by atoms with Gasteiger partial charge in [-0.3, -0.25) is 4.79 Å². The normalized spacial score (nSPS) is 8.21. The average Bonchev–Trinajstić information content (AvgIpc) is 2.21. The van der Waals surface area contributed by atoms with Crippen molar-refractivity contribution < 1.29 is 14.3 Å². The fraction of sp³-hybridized carbons (Fsp3) is 0.273. The molecule has 0 spiro atoms. The maximum atomic E-state index is 11.0. The number of ether oxygens (including phenoxy) is 1. The molecule has 0 aliphatic carbocycles. The van der Waals surface area contributed by atoms with Crippen LogP contribution in [0.4, 0.5) is 0 Å². The fourth-order valence-electron chi connectivity index (χ4n) is 0.764. The van der Waals surface area contributed by atoms with Crippen molar-refractivity contribution in [2.24, 2.45) is 0 Å². The number of hydrogen-bond acceptors (Lipinski definition) is 3. The van der Waals surface area contributed by atoms with Crippen molar-refractivity contribution in [3.8, 4) is 0 Å². The molecule has 0 atom stereocenters. The molecule has 1 aromatic carbocycles. The van der Waals surface area contributed by atoms with Crippen molar-refractivity contribution >= 4 is 11.9 Å². The van der Waals surface area contributed by atoms with Gasteiger partial charge in [0.1, 0.15) is 0 Å². The van der Waals surface area contributed by atoms with Gasteiger partial charge in [-0.05, 0) is 12.1 Å². The average molecular weight is 194 g/mol. The van der Waals surface area contributed by atoms with E-state index >= 15 is 0 Å². The van der Waals surface area contributed by atoms with E-state index < -0.39 is 11.9 Å². The van der Waals surface area contributed by atoms with E-state index in [1.165, 1.54) is 6.92 Å². The molecule has 0 saturated carbocycles. The summed E-state index contributed by atoms with van der Waals surface area (Å²) in [6.07, 6.45) is 0. The zero-order chi connectivity index (χ0) is 11.0. The summed E-state index contributed by atoms with van der Waals surface area (Å²) < 4.78 is 4.36. The van der Waals surface area contributed by atoms with Gasteiger partial charge in [-0.2, -0.15) is 0 Å². The Morgan fingerprint density at radius 3 is 2.00 bits per heavy atom. The molecule has 0 bridgehead atoms. The lowest BCUT2D eigenvalue weighted by molar-refractivity contribution is -0.135. The standard InChI is InChI=1S/C9H8O3.C2H6/c1-7(10)12-9(11)8-5-3-2-4-6-8;1-2/h2-6H,1H3;1-2H3. The SMILES string of the molecule is CC.CC(=O)OC(=O)c1ccccc1. The van der Waals surface area contributed by atoms with Crippen LogP contribution in [0.15, 0.2) is 30.3 Å². The molecule has 0 radical (unpaired) electrons. The van der Waals surface area contributed by atoms with E-state index in [1.807, 2.05) is 13.8 Å². The van der Waals surface area contributed by atoms with Crippen molar-refractivity contribution in [2.75, 3.05) is 0 Å². The first kappa shape index (κ1) is 12.4. The highest BCUT2D eigenvalue weighted by molar-refractivity contribution is 5.96. The van der Waals surface area contributed by atoms with Gasteiger partial charge in [-0.15, -0.1) is 0 Å².